The maximum absolute atomic E-state index is 5.82. The summed E-state index contributed by atoms with van der Waals surface area (Å²) in [5.41, 5.74) is 1.27. The smallest absolute Gasteiger partial charge is 0.120 e. The van der Waals surface area contributed by atoms with E-state index in [4.69, 9.17) is 9.47 Å². The third-order valence-electron chi connectivity index (χ3n) is 3.15. The first-order chi connectivity index (χ1) is 10.6. The van der Waals surface area contributed by atoms with Gasteiger partial charge in [-0.15, -0.1) is 0 Å². The Morgan fingerprint density at radius 1 is 1.09 bits per heavy atom. The number of rotatable bonds is 8. The summed E-state index contributed by atoms with van der Waals surface area (Å²) in [6.45, 7) is 5.76. The maximum Gasteiger partial charge on any atom is 0.120 e. The zero-order valence-corrected chi connectivity index (χ0v) is 16.7. The second-order valence-electron chi connectivity index (χ2n) is 5.49. The Morgan fingerprint density at radius 2 is 1.77 bits per heavy atom. The van der Waals surface area contributed by atoms with E-state index in [0.29, 0.717) is 17.4 Å². The number of halogens is 2. The Hall–Kier alpha value is -0.620. The SMILES string of the molecule is CC(Br)CC(C)COc1ccc(OCC2=CC=CI=C2)cc1. The van der Waals surface area contributed by atoms with Crippen LogP contribution in [-0.4, -0.2) is 22.1 Å². The van der Waals surface area contributed by atoms with Gasteiger partial charge < -0.3 is 9.47 Å². The van der Waals surface area contributed by atoms with E-state index in [9.17, 15) is 0 Å². The van der Waals surface area contributed by atoms with Crippen LogP contribution in [0.25, 0.3) is 0 Å². The molecule has 0 saturated heterocycles. The highest BCUT2D eigenvalue weighted by molar-refractivity contribution is 14.2. The normalized spacial score (nSPS) is 16.4. The summed E-state index contributed by atoms with van der Waals surface area (Å²) in [6.07, 6.45) is 5.36. The van der Waals surface area contributed by atoms with Crippen LogP contribution >= 0.6 is 36.7 Å². The van der Waals surface area contributed by atoms with Gasteiger partial charge in [-0.1, -0.05) is 62.7 Å². The monoisotopic (exact) mass is 476 g/mol. The van der Waals surface area contributed by atoms with Crippen LogP contribution in [-0.2, 0) is 0 Å². The second-order valence-corrected chi connectivity index (χ2v) is 9.11. The fourth-order valence-electron chi connectivity index (χ4n) is 2.09. The van der Waals surface area contributed by atoms with E-state index >= 15 is 0 Å². The topological polar surface area (TPSA) is 18.5 Å². The van der Waals surface area contributed by atoms with Crippen LogP contribution < -0.4 is 9.47 Å². The predicted octanol–water partition coefficient (Wildman–Crippen LogP) is 5.48. The summed E-state index contributed by atoms with van der Waals surface area (Å²) < 4.78 is 16.2. The van der Waals surface area contributed by atoms with Crippen LogP contribution in [0.2, 0.25) is 0 Å². The van der Waals surface area contributed by atoms with E-state index in [1.54, 1.807) is 0 Å². The van der Waals surface area contributed by atoms with Crippen LogP contribution in [0.4, 0.5) is 0 Å². The summed E-state index contributed by atoms with van der Waals surface area (Å²) in [5.74, 6) is 2.32. The van der Waals surface area contributed by atoms with Crippen molar-refractivity contribution < 1.29 is 9.47 Å². The largest absolute Gasteiger partial charge is 0.493 e. The van der Waals surface area contributed by atoms with Crippen molar-refractivity contribution in [1.29, 1.82) is 0 Å². The molecule has 120 valence electrons. The van der Waals surface area contributed by atoms with Crippen LogP contribution in [0.5, 0.6) is 11.5 Å². The van der Waals surface area contributed by atoms with Gasteiger partial charge in [-0.25, -0.2) is 0 Å². The molecule has 22 heavy (non-hydrogen) atoms. The highest BCUT2D eigenvalue weighted by atomic mass is 127. The molecule has 2 nitrogen and oxygen atoms in total. The Balaban J connectivity index is 1.76. The minimum Gasteiger partial charge on any atom is -0.493 e. The molecule has 2 unspecified atom stereocenters. The number of alkyl halides is 1. The number of hydrogen-bond acceptors (Lipinski definition) is 2. The summed E-state index contributed by atoms with van der Waals surface area (Å²) in [4.78, 5) is 0.532. The molecule has 0 radical (unpaired) electrons. The minimum absolute atomic E-state index is 0.0910. The van der Waals surface area contributed by atoms with Gasteiger partial charge in [0.05, 0.1) is 6.61 Å². The van der Waals surface area contributed by atoms with Crippen molar-refractivity contribution in [2.75, 3.05) is 13.2 Å². The van der Waals surface area contributed by atoms with Gasteiger partial charge in [0.25, 0.3) is 0 Å². The third kappa shape index (κ3) is 6.65. The van der Waals surface area contributed by atoms with Crippen LogP contribution in [0.1, 0.15) is 20.3 Å². The van der Waals surface area contributed by atoms with Crippen LogP contribution in [0, 0.1) is 5.92 Å². The molecule has 0 saturated carbocycles. The second kappa shape index (κ2) is 9.50. The molecule has 0 N–H and O–H groups in total. The number of ether oxygens (including phenoxy) is 2. The molecule has 0 spiro atoms. The van der Waals surface area contributed by atoms with Crippen LogP contribution in [0.3, 0.4) is 0 Å². The van der Waals surface area contributed by atoms with E-state index in [1.165, 1.54) is 5.57 Å². The van der Waals surface area contributed by atoms with Gasteiger partial charge in [-0.05, 0) is 50.3 Å². The average molecular weight is 477 g/mol. The standard InChI is InChI=1S/C18H22BrIO2/c1-14(10-15(2)19)12-21-17-5-7-18(8-6-17)22-13-16-4-3-9-20-11-16/h3-9,11,14-15H,10,12-13H2,1-2H3. The molecule has 0 fully saturated rings. The van der Waals surface area contributed by atoms with E-state index in [1.807, 2.05) is 24.3 Å². The predicted molar refractivity (Wildman–Crippen MR) is 107 cm³/mol. The van der Waals surface area contributed by atoms with Crippen molar-refractivity contribution in [1.82, 2.24) is 0 Å². The number of allylic oxidation sites excluding steroid dienone is 2. The van der Waals surface area contributed by atoms with Gasteiger partial charge in [0.1, 0.15) is 18.1 Å². The van der Waals surface area contributed by atoms with Gasteiger partial charge in [-0.2, -0.15) is 0 Å². The molecule has 0 amide bonds. The highest BCUT2D eigenvalue weighted by Gasteiger charge is 2.07. The molecule has 0 aromatic heterocycles. The van der Waals surface area contributed by atoms with E-state index in [0.717, 1.165) is 24.5 Å². The minimum atomic E-state index is 0.0910. The maximum atomic E-state index is 5.82. The summed E-state index contributed by atoms with van der Waals surface area (Å²) >= 11 is 3.67. The summed E-state index contributed by atoms with van der Waals surface area (Å²) in [7, 11) is 0. The van der Waals surface area contributed by atoms with E-state index in [-0.39, 0.29) is 20.7 Å². The lowest BCUT2D eigenvalue weighted by Gasteiger charge is -2.14. The van der Waals surface area contributed by atoms with Crippen molar-refractivity contribution in [3.8, 4) is 11.5 Å². The molecule has 4 heteroatoms. The van der Waals surface area contributed by atoms with Gasteiger partial charge >= 0.3 is 0 Å². The first-order valence-corrected chi connectivity index (χ1v) is 10.8. The highest BCUT2D eigenvalue weighted by Crippen LogP contribution is 2.20. The Bertz CT molecular complexity index is 547. The molecule has 1 aliphatic rings. The first-order valence-electron chi connectivity index (χ1n) is 7.44. The Morgan fingerprint density at radius 3 is 2.36 bits per heavy atom. The Kier molecular flexibility index (Phi) is 7.66. The third-order valence-corrected chi connectivity index (χ3v) is 5.51. The van der Waals surface area contributed by atoms with E-state index in [2.05, 4.69) is 50.0 Å². The fourth-order valence-corrected chi connectivity index (χ4v) is 4.24. The molecule has 2 rings (SSSR count). The van der Waals surface area contributed by atoms with Crippen molar-refractivity contribution in [3.63, 3.8) is 0 Å². The fraction of sp³-hybridized carbons (Fsp3) is 0.389. The lowest BCUT2D eigenvalue weighted by atomic mass is 10.1. The number of benzene rings is 1. The first kappa shape index (κ1) is 17.7. The lowest BCUT2D eigenvalue weighted by Crippen LogP contribution is -2.11. The van der Waals surface area contributed by atoms with Crippen molar-refractivity contribution >= 4 is 40.7 Å². The van der Waals surface area contributed by atoms with Crippen molar-refractivity contribution in [2.45, 2.75) is 25.1 Å². The molecular weight excluding hydrogens is 455 g/mol. The molecule has 1 aromatic rings. The molecule has 1 aliphatic heterocycles. The zero-order valence-electron chi connectivity index (χ0n) is 13.0. The van der Waals surface area contributed by atoms with Gasteiger partial charge in [-0.3, -0.25) is 0 Å². The number of hydrogen-bond donors (Lipinski definition) is 0. The summed E-state index contributed by atoms with van der Waals surface area (Å²) in [5, 5.41) is 0. The molecule has 0 aliphatic carbocycles. The van der Waals surface area contributed by atoms with Crippen LogP contribution in [0.15, 0.2) is 46.1 Å². The van der Waals surface area contributed by atoms with E-state index < -0.39 is 0 Å². The van der Waals surface area contributed by atoms with Crippen molar-refractivity contribution in [2.24, 2.45) is 5.92 Å². The Labute approximate surface area is 151 Å². The van der Waals surface area contributed by atoms with Gasteiger partial charge in [0, 0.05) is 4.83 Å². The van der Waals surface area contributed by atoms with Gasteiger partial charge in [0.2, 0.25) is 0 Å². The zero-order chi connectivity index (χ0) is 15.8. The molecule has 0 bridgehead atoms. The molecule has 2 atom stereocenters. The molecular formula is C18H22BrIO2. The quantitative estimate of drug-likeness (QED) is 0.365. The molecule has 1 aromatic carbocycles. The lowest BCUT2D eigenvalue weighted by molar-refractivity contribution is 0.252. The van der Waals surface area contributed by atoms with Gasteiger partial charge in [0.15, 0.2) is 0 Å². The van der Waals surface area contributed by atoms with Crippen molar-refractivity contribution in [3.05, 3.63) is 46.1 Å². The molecule has 1 heterocycles. The average Bonchev–Trinajstić information content (AvgIpc) is 2.52. The summed E-state index contributed by atoms with van der Waals surface area (Å²) in [6, 6.07) is 7.90.